The summed E-state index contributed by atoms with van der Waals surface area (Å²) in [4.78, 5) is 22.8. The van der Waals surface area contributed by atoms with E-state index in [-0.39, 0.29) is 39.0 Å². The van der Waals surface area contributed by atoms with Crippen molar-refractivity contribution in [2.75, 3.05) is 26.2 Å². The third-order valence-corrected chi connectivity index (χ3v) is 3.28. The van der Waals surface area contributed by atoms with Gasteiger partial charge in [0.25, 0.3) is 0 Å². The van der Waals surface area contributed by atoms with Crippen molar-refractivity contribution in [3.63, 3.8) is 0 Å². The minimum absolute atomic E-state index is 0.0233. The fourth-order valence-electron chi connectivity index (χ4n) is 2.09. The summed E-state index contributed by atoms with van der Waals surface area (Å²) in [5, 5.41) is 4.83. The van der Waals surface area contributed by atoms with E-state index in [1.807, 2.05) is 0 Å². The van der Waals surface area contributed by atoms with E-state index in [1.165, 1.54) is 0 Å². The lowest BCUT2D eigenvalue weighted by Crippen LogP contribution is -2.52. The lowest BCUT2D eigenvalue weighted by molar-refractivity contribution is -0.216. The number of hydrogen-bond acceptors (Lipinski definition) is 4. The summed E-state index contributed by atoms with van der Waals surface area (Å²) in [6, 6.07) is 0. The van der Waals surface area contributed by atoms with E-state index in [0.29, 0.717) is 0 Å². The fraction of sp³-hybridized carbons (Fsp3) is 0.833. The Labute approximate surface area is 115 Å². The van der Waals surface area contributed by atoms with Gasteiger partial charge in [0.15, 0.2) is 5.41 Å². The number of ether oxygens (including phenoxy) is 1. The zero-order valence-corrected chi connectivity index (χ0v) is 11.3. The summed E-state index contributed by atoms with van der Waals surface area (Å²) in [6.45, 7) is 1.71. The SMILES string of the molecule is CCOC(=O)CCCNC(=O)C1(C(F)(F)F)CCNC1. The quantitative estimate of drug-likeness (QED) is 0.566. The largest absolute Gasteiger partial charge is 0.466 e. The number of carbonyl (C=O) groups is 2. The molecule has 1 aliphatic rings. The van der Waals surface area contributed by atoms with Crippen molar-refractivity contribution in [2.24, 2.45) is 5.41 Å². The highest BCUT2D eigenvalue weighted by atomic mass is 19.4. The Hall–Kier alpha value is -1.31. The maximum Gasteiger partial charge on any atom is 0.404 e. The Morgan fingerprint density at radius 3 is 2.60 bits per heavy atom. The Bertz CT molecular complexity index is 352. The Morgan fingerprint density at radius 2 is 2.10 bits per heavy atom. The number of halogens is 3. The van der Waals surface area contributed by atoms with Crippen molar-refractivity contribution in [3.05, 3.63) is 0 Å². The highest BCUT2D eigenvalue weighted by Crippen LogP contribution is 2.43. The normalized spacial score (nSPS) is 22.6. The predicted octanol–water partition coefficient (Wildman–Crippen LogP) is 0.988. The highest BCUT2D eigenvalue weighted by molar-refractivity contribution is 5.84. The van der Waals surface area contributed by atoms with Gasteiger partial charge in [0, 0.05) is 19.5 Å². The smallest absolute Gasteiger partial charge is 0.404 e. The molecule has 5 nitrogen and oxygen atoms in total. The van der Waals surface area contributed by atoms with Gasteiger partial charge in [0.2, 0.25) is 5.91 Å². The Balaban J connectivity index is 2.43. The van der Waals surface area contributed by atoms with Crippen LogP contribution in [0.3, 0.4) is 0 Å². The van der Waals surface area contributed by atoms with Crippen molar-refractivity contribution in [1.29, 1.82) is 0 Å². The first kappa shape index (κ1) is 16.7. The average molecular weight is 296 g/mol. The van der Waals surface area contributed by atoms with Crippen LogP contribution in [0.1, 0.15) is 26.2 Å². The van der Waals surface area contributed by atoms with Gasteiger partial charge in [-0.3, -0.25) is 9.59 Å². The molecule has 1 saturated heterocycles. The van der Waals surface area contributed by atoms with Crippen LogP contribution < -0.4 is 10.6 Å². The van der Waals surface area contributed by atoms with Gasteiger partial charge in [-0.05, 0) is 26.3 Å². The molecule has 0 aromatic carbocycles. The summed E-state index contributed by atoms with van der Waals surface area (Å²) >= 11 is 0. The van der Waals surface area contributed by atoms with E-state index >= 15 is 0 Å². The molecule has 0 bridgehead atoms. The van der Waals surface area contributed by atoms with Crippen molar-refractivity contribution in [2.45, 2.75) is 32.4 Å². The fourth-order valence-corrected chi connectivity index (χ4v) is 2.09. The van der Waals surface area contributed by atoms with Crippen LogP contribution in [0.4, 0.5) is 13.2 Å². The van der Waals surface area contributed by atoms with Gasteiger partial charge in [-0.25, -0.2) is 0 Å². The Morgan fingerprint density at radius 1 is 1.40 bits per heavy atom. The van der Waals surface area contributed by atoms with Gasteiger partial charge in [-0.15, -0.1) is 0 Å². The summed E-state index contributed by atoms with van der Waals surface area (Å²) in [5.74, 6) is -1.45. The zero-order chi connectivity index (χ0) is 15.2. The highest BCUT2D eigenvalue weighted by Gasteiger charge is 2.61. The third-order valence-electron chi connectivity index (χ3n) is 3.28. The molecule has 0 aliphatic carbocycles. The molecule has 0 saturated carbocycles. The van der Waals surface area contributed by atoms with Gasteiger partial charge in [-0.2, -0.15) is 13.2 Å². The zero-order valence-electron chi connectivity index (χ0n) is 11.3. The lowest BCUT2D eigenvalue weighted by Gasteiger charge is -2.29. The second kappa shape index (κ2) is 6.92. The molecular weight excluding hydrogens is 277 g/mol. The first-order valence-electron chi connectivity index (χ1n) is 6.55. The van der Waals surface area contributed by atoms with Gasteiger partial charge < -0.3 is 15.4 Å². The predicted molar refractivity (Wildman–Crippen MR) is 64.9 cm³/mol. The molecule has 20 heavy (non-hydrogen) atoms. The number of esters is 1. The van der Waals surface area contributed by atoms with E-state index in [2.05, 4.69) is 15.4 Å². The molecule has 0 aromatic rings. The maximum atomic E-state index is 13.0. The van der Waals surface area contributed by atoms with Crippen LogP contribution in [0.2, 0.25) is 0 Å². The molecule has 8 heteroatoms. The van der Waals surface area contributed by atoms with Crippen LogP contribution >= 0.6 is 0 Å². The molecule has 0 radical (unpaired) electrons. The lowest BCUT2D eigenvalue weighted by atomic mass is 9.85. The number of nitrogens with one attached hydrogen (secondary N) is 2. The number of alkyl halides is 3. The number of amides is 1. The Kier molecular flexibility index (Phi) is 5.79. The molecule has 2 N–H and O–H groups in total. The topological polar surface area (TPSA) is 67.4 Å². The summed E-state index contributed by atoms with van der Waals surface area (Å²) < 4.78 is 43.8. The van der Waals surface area contributed by atoms with Crippen molar-refractivity contribution < 1.29 is 27.5 Å². The van der Waals surface area contributed by atoms with E-state index in [0.717, 1.165) is 0 Å². The average Bonchev–Trinajstić information content (AvgIpc) is 2.84. The first-order chi connectivity index (χ1) is 9.33. The van der Waals surface area contributed by atoms with Crippen molar-refractivity contribution in [1.82, 2.24) is 10.6 Å². The molecule has 0 spiro atoms. The molecule has 1 amide bonds. The molecular formula is C12H19F3N2O3. The van der Waals surface area contributed by atoms with Crippen LogP contribution in [-0.2, 0) is 14.3 Å². The van der Waals surface area contributed by atoms with Gasteiger partial charge in [0.05, 0.1) is 6.61 Å². The molecule has 1 unspecified atom stereocenters. The second-order valence-corrected chi connectivity index (χ2v) is 4.67. The molecule has 1 fully saturated rings. The molecule has 1 aliphatic heterocycles. The standard InChI is InChI=1S/C12H19F3N2O3/c1-2-20-9(18)4-3-6-17-10(19)11(12(13,14)15)5-7-16-8-11/h16H,2-8H2,1H3,(H,17,19). The maximum absolute atomic E-state index is 13.0. The monoisotopic (exact) mass is 296 g/mol. The minimum atomic E-state index is -4.58. The van der Waals surface area contributed by atoms with Gasteiger partial charge in [-0.1, -0.05) is 0 Å². The van der Waals surface area contributed by atoms with E-state index < -0.39 is 30.0 Å². The van der Waals surface area contributed by atoms with Crippen molar-refractivity contribution >= 4 is 11.9 Å². The van der Waals surface area contributed by atoms with E-state index in [9.17, 15) is 22.8 Å². The van der Waals surface area contributed by atoms with Gasteiger partial charge >= 0.3 is 12.1 Å². The second-order valence-electron chi connectivity index (χ2n) is 4.67. The summed E-state index contributed by atoms with van der Waals surface area (Å²) in [5.41, 5.74) is -2.35. The third kappa shape index (κ3) is 3.84. The summed E-state index contributed by atoms with van der Waals surface area (Å²) in [7, 11) is 0. The van der Waals surface area contributed by atoms with E-state index in [1.54, 1.807) is 6.92 Å². The number of carbonyl (C=O) groups excluding carboxylic acids is 2. The first-order valence-corrected chi connectivity index (χ1v) is 6.55. The van der Waals surface area contributed by atoms with Crippen LogP contribution in [-0.4, -0.2) is 44.3 Å². The summed E-state index contributed by atoms with van der Waals surface area (Å²) in [6.07, 6.45) is -4.51. The van der Waals surface area contributed by atoms with Crippen LogP contribution in [0.15, 0.2) is 0 Å². The minimum Gasteiger partial charge on any atom is -0.466 e. The number of hydrogen-bond donors (Lipinski definition) is 2. The molecule has 116 valence electrons. The number of rotatable bonds is 6. The molecule has 0 aromatic heterocycles. The van der Waals surface area contributed by atoms with Crippen LogP contribution in [0.25, 0.3) is 0 Å². The van der Waals surface area contributed by atoms with Gasteiger partial charge in [0.1, 0.15) is 0 Å². The van der Waals surface area contributed by atoms with Crippen molar-refractivity contribution in [3.8, 4) is 0 Å². The molecule has 1 atom stereocenters. The van der Waals surface area contributed by atoms with E-state index in [4.69, 9.17) is 0 Å². The molecule has 1 heterocycles. The molecule has 1 rings (SSSR count). The van der Waals surface area contributed by atoms with Crippen LogP contribution in [0.5, 0.6) is 0 Å². The van der Waals surface area contributed by atoms with Crippen LogP contribution in [0, 0.1) is 5.41 Å².